The molecule has 0 saturated carbocycles. The third-order valence-electron chi connectivity index (χ3n) is 7.29. The lowest BCUT2D eigenvalue weighted by Gasteiger charge is -2.35. The molecule has 0 radical (unpaired) electrons. The van der Waals surface area contributed by atoms with Crippen LogP contribution in [0.5, 0.6) is 5.75 Å². The van der Waals surface area contributed by atoms with E-state index in [0.717, 1.165) is 22.9 Å². The zero-order valence-corrected chi connectivity index (χ0v) is 22.1. The third-order valence-corrected chi connectivity index (χ3v) is 8.08. The van der Waals surface area contributed by atoms with Crippen LogP contribution in [0.3, 0.4) is 0 Å². The van der Waals surface area contributed by atoms with E-state index in [-0.39, 0.29) is 11.3 Å². The zero-order valence-electron chi connectivity index (χ0n) is 21.3. The van der Waals surface area contributed by atoms with E-state index in [4.69, 9.17) is 4.74 Å². The van der Waals surface area contributed by atoms with E-state index in [9.17, 15) is 31.2 Å². The summed E-state index contributed by atoms with van der Waals surface area (Å²) < 4.78 is 68.1. The van der Waals surface area contributed by atoms with Gasteiger partial charge in [-0.05, 0) is 36.1 Å². The highest BCUT2D eigenvalue weighted by molar-refractivity contribution is 7.91. The minimum Gasteiger partial charge on any atom is -0.484 e. The van der Waals surface area contributed by atoms with Crippen molar-refractivity contribution in [3.05, 3.63) is 76.5 Å². The molecular formula is C27H27F3N3O5S+. The van der Waals surface area contributed by atoms with Crippen molar-refractivity contribution in [3.8, 4) is 5.75 Å². The second kappa shape index (κ2) is 9.51. The van der Waals surface area contributed by atoms with Crippen molar-refractivity contribution in [2.75, 3.05) is 25.7 Å². The number of aryl methyl sites for hydroxylation is 1. The summed E-state index contributed by atoms with van der Waals surface area (Å²) in [6, 6.07) is 13.5. The predicted octanol–water partition coefficient (Wildman–Crippen LogP) is 2.54. The van der Waals surface area contributed by atoms with Crippen LogP contribution in [-0.4, -0.2) is 62.4 Å². The van der Waals surface area contributed by atoms with Crippen molar-refractivity contribution in [2.24, 2.45) is 0 Å². The molecule has 2 N–H and O–H groups in total. The molecule has 5 rings (SSSR count). The molecule has 2 aromatic carbocycles. The van der Waals surface area contributed by atoms with E-state index < -0.39 is 51.8 Å². The molecule has 3 aliphatic rings. The first-order valence-electron chi connectivity index (χ1n) is 12.3. The van der Waals surface area contributed by atoms with Crippen molar-refractivity contribution in [1.29, 1.82) is 0 Å². The number of fused-ring (bicyclic) bond motifs is 3. The monoisotopic (exact) mass is 562 g/mol. The van der Waals surface area contributed by atoms with Gasteiger partial charge in [0.2, 0.25) is 11.9 Å². The molecule has 2 amide bonds. The summed E-state index contributed by atoms with van der Waals surface area (Å²) in [5, 5.41) is 5.81. The fraction of sp³-hybridized carbons (Fsp3) is 0.370. The number of hydrogen-bond donors (Lipinski definition) is 2. The molecule has 1 unspecified atom stereocenters. The Bertz CT molecular complexity index is 1530. The Morgan fingerprint density at radius 2 is 1.92 bits per heavy atom. The Morgan fingerprint density at radius 3 is 2.59 bits per heavy atom. The standard InChI is InChI=1S/C27H26F3N3O5S/c1-33-20-13-26(11-10-17-12-18(8-9-19(17)26)38-15-27(28,29)30)32-25(35)22(20)23(31-21(34)14-39(2,36)37)24(33)16-6-4-3-5-7-16/h3-9,12,24H,10-11,13-15H2,1-2H3,(H,32,35)/p+1/t24?,26-/m0/s1. The molecule has 8 nitrogen and oxygen atoms in total. The summed E-state index contributed by atoms with van der Waals surface area (Å²) in [7, 11) is -1.78. The van der Waals surface area contributed by atoms with Gasteiger partial charge in [-0.1, -0.05) is 36.4 Å². The predicted molar refractivity (Wildman–Crippen MR) is 136 cm³/mol. The summed E-state index contributed by atoms with van der Waals surface area (Å²) in [6.45, 7) is -1.39. The van der Waals surface area contributed by atoms with Gasteiger partial charge in [0.15, 0.2) is 22.2 Å². The average Bonchev–Trinajstić information content (AvgIpc) is 3.31. The van der Waals surface area contributed by atoms with Gasteiger partial charge in [0.05, 0.1) is 12.0 Å². The van der Waals surface area contributed by atoms with Crippen LogP contribution >= 0.6 is 0 Å². The SMILES string of the molecule is C[N+]1=C2C[C@]3(CCc4cc(OCC(F)(F)F)ccc43)NC(=O)C2=C(NC(=O)CS(C)(=O)=O)C1c1ccccc1. The summed E-state index contributed by atoms with van der Waals surface area (Å²) in [4.78, 5) is 26.4. The summed E-state index contributed by atoms with van der Waals surface area (Å²) >= 11 is 0. The second-order valence-electron chi connectivity index (χ2n) is 10.2. The Balaban J connectivity index is 1.52. The van der Waals surface area contributed by atoms with Crippen LogP contribution in [-0.2, 0) is 31.4 Å². The van der Waals surface area contributed by atoms with Crippen LogP contribution in [0.25, 0.3) is 0 Å². The molecule has 1 saturated heterocycles. The molecule has 2 heterocycles. The van der Waals surface area contributed by atoms with Gasteiger partial charge >= 0.3 is 6.18 Å². The van der Waals surface area contributed by atoms with Gasteiger partial charge in [-0.2, -0.15) is 13.2 Å². The molecule has 1 fully saturated rings. The highest BCUT2D eigenvalue weighted by Crippen LogP contribution is 2.46. The van der Waals surface area contributed by atoms with E-state index in [1.165, 1.54) is 6.07 Å². The molecule has 206 valence electrons. The molecule has 0 bridgehead atoms. The van der Waals surface area contributed by atoms with Crippen molar-refractivity contribution >= 4 is 27.4 Å². The number of halogens is 3. The molecule has 1 spiro atoms. The molecule has 2 aromatic rings. The van der Waals surface area contributed by atoms with Crippen molar-refractivity contribution in [3.63, 3.8) is 0 Å². The van der Waals surface area contributed by atoms with E-state index in [0.29, 0.717) is 30.7 Å². The van der Waals surface area contributed by atoms with Gasteiger partial charge in [-0.25, -0.2) is 13.0 Å². The van der Waals surface area contributed by atoms with Gasteiger partial charge in [0.25, 0.3) is 5.91 Å². The van der Waals surface area contributed by atoms with E-state index in [2.05, 4.69) is 10.6 Å². The first-order valence-corrected chi connectivity index (χ1v) is 14.3. The van der Waals surface area contributed by atoms with Crippen LogP contribution in [0.15, 0.2) is 59.8 Å². The van der Waals surface area contributed by atoms with Crippen LogP contribution in [0, 0.1) is 0 Å². The molecule has 12 heteroatoms. The Hall–Kier alpha value is -3.67. The molecule has 0 aromatic heterocycles. The van der Waals surface area contributed by atoms with E-state index in [1.807, 2.05) is 42.0 Å². The maximum absolute atomic E-state index is 13.7. The quantitative estimate of drug-likeness (QED) is 0.527. The lowest BCUT2D eigenvalue weighted by atomic mass is 9.80. The second-order valence-corrected chi connectivity index (χ2v) is 12.4. The summed E-state index contributed by atoms with van der Waals surface area (Å²) in [5.74, 6) is -1.76. The van der Waals surface area contributed by atoms with Gasteiger partial charge < -0.3 is 15.4 Å². The van der Waals surface area contributed by atoms with Crippen LogP contribution in [0.4, 0.5) is 13.2 Å². The van der Waals surface area contributed by atoms with Crippen LogP contribution in [0.2, 0.25) is 0 Å². The topological polar surface area (TPSA) is 105 Å². The Labute approximate surface area is 223 Å². The Kier molecular flexibility index (Phi) is 6.56. The lowest BCUT2D eigenvalue weighted by molar-refractivity contribution is -0.531. The van der Waals surface area contributed by atoms with Gasteiger partial charge in [-0.3, -0.25) is 9.59 Å². The number of benzene rings is 2. The van der Waals surface area contributed by atoms with Crippen LogP contribution in [0.1, 0.15) is 35.6 Å². The molecule has 2 aliphatic heterocycles. The fourth-order valence-electron chi connectivity index (χ4n) is 5.77. The number of alkyl halides is 3. The number of rotatable bonds is 6. The van der Waals surface area contributed by atoms with Crippen molar-refractivity contribution in [2.45, 2.75) is 37.0 Å². The maximum Gasteiger partial charge on any atom is 0.422 e. The first-order chi connectivity index (χ1) is 18.3. The smallest absolute Gasteiger partial charge is 0.422 e. The largest absolute Gasteiger partial charge is 0.484 e. The van der Waals surface area contributed by atoms with E-state index in [1.54, 1.807) is 12.1 Å². The minimum atomic E-state index is -4.45. The third kappa shape index (κ3) is 5.29. The summed E-state index contributed by atoms with van der Waals surface area (Å²) in [6.07, 6.45) is -2.03. The Morgan fingerprint density at radius 1 is 1.21 bits per heavy atom. The first kappa shape index (κ1) is 26.9. The normalized spacial score (nSPS) is 22.6. The number of hydrogen-bond acceptors (Lipinski definition) is 5. The van der Waals surface area contributed by atoms with Gasteiger partial charge in [0.1, 0.15) is 29.8 Å². The van der Waals surface area contributed by atoms with Gasteiger partial charge in [-0.15, -0.1) is 0 Å². The number of carbonyl (C=O) groups is 2. The van der Waals surface area contributed by atoms with Gasteiger partial charge in [0, 0.05) is 11.8 Å². The highest BCUT2D eigenvalue weighted by Gasteiger charge is 2.54. The lowest BCUT2D eigenvalue weighted by Crippen LogP contribution is -2.52. The number of amides is 2. The molecular weight excluding hydrogens is 535 g/mol. The maximum atomic E-state index is 13.7. The van der Waals surface area contributed by atoms with Crippen molar-refractivity contribution < 1.29 is 40.5 Å². The number of ether oxygens (including phenoxy) is 1. The fourth-order valence-corrected chi connectivity index (χ4v) is 6.32. The minimum absolute atomic E-state index is 0.108. The number of piperidine rings is 1. The number of nitrogens with zero attached hydrogens (tertiary/aromatic N) is 1. The van der Waals surface area contributed by atoms with E-state index >= 15 is 0 Å². The molecule has 1 aliphatic carbocycles. The summed E-state index contributed by atoms with van der Waals surface area (Å²) in [5.41, 5.74) is 2.92. The van der Waals surface area contributed by atoms with Crippen LogP contribution < -0.4 is 15.4 Å². The average molecular weight is 563 g/mol. The zero-order chi connectivity index (χ0) is 28.2. The molecule has 2 atom stereocenters. The number of sulfone groups is 1. The highest BCUT2D eigenvalue weighted by atomic mass is 32.2. The van der Waals surface area contributed by atoms with Crippen molar-refractivity contribution in [1.82, 2.24) is 10.6 Å². The number of likely N-dealkylation sites (N-methyl/N-ethyl adjacent to an activating group) is 1. The number of nitrogens with one attached hydrogen (secondary N) is 2. The molecule has 39 heavy (non-hydrogen) atoms. The number of carbonyl (C=O) groups excluding carboxylic acids is 2.